The van der Waals surface area contributed by atoms with E-state index in [0.717, 1.165) is 11.1 Å². The summed E-state index contributed by atoms with van der Waals surface area (Å²) in [5, 5.41) is 6.33. The minimum absolute atomic E-state index is 0.179. The van der Waals surface area contributed by atoms with E-state index >= 15 is 0 Å². The van der Waals surface area contributed by atoms with Gasteiger partial charge < -0.3 is 20.1 Å². The van der Waals surface area contributed by atoms with Crippen LogP contribution in [-0.2, 0) is 15.9 Å². The molecule has 0 fully saturated rings. The minimum Gasteiger partial charge on any atom is -0.465 e. The normalized spacial score (nSPS) is 17.9. The molecule has 0 aliphatic heterocycles. The van der Waals surface area contributed by atoms with E-state index in [1.165, 1.54) is 7.11 Å². The Bertz CT molecular complexity index is 806. The number of hydrogen-bond donors (Lipinski definition) is 2. The van der Waals surface area contributed by atoms with Crippen molar-refractivity contribution in [2.75, 3.05) is 19.0 Å². The molecule has 0 bridgehead atoms. The highest BCUT2D eigenvalue weighted by atomic mass is 16.5. The average Bonchev–Trinajstić information content (AvgIpc) is 2.99. The summed E-state index contributed by atoms with van der Waals surface area (Å²) in [6.45, 7) is 2.08. The maximum Gasteiger partial charge on any atom is 0.407 e. The summed E-state index contributed by atoms with van der Waals surface area (Å²) in [5.41, 5.74) is 3.36. The van der Waals surface area contributed by atoms with Gasteiger partial charge in [-0.1, -0.05) is 36.4 Å². The third-order valence-corrected chi connectivity index (χ3v) is 4.45. The standard InChI is InChI=1S/C20H22N2O4/c1-3-26-20(24)22-17-12-13-8-4-5-9-14(13)18(17)21-16-11-7-6-10-15(16)19(23)25-2/h4-11,17-18,21H,3,12H2,1-2H3,(H,22,24)/t17-,18-/m1/s1. The number of ether oxygens (including phenoxy) is 2. The molecule has 26 heavy (non-hydrogen) atoms. The number of nitrogens with one attached hydrogen (secondary N) is 2. The van der Waals surface area contributed by atoms with Crippen LogP contribution in [-0.4, -0.2) is 31.8 Å². The molecule has 2 aromatic rings. The number of benzene rings is 2. The van der Waals surface area contributed by atoms with Gasteiger partial charge in [0.25, 0.3) is 0 Å². The highest BCUT2D eigenvalue weighted by Gasteiger charge is 2.34. The number of anilines is 1. The average molecular weight is 354 g/mol. The highest BCUT2D eigenvalue weighted by molar-refractivity contribution is 5.95. The van der Waals surface area contributed by atoms with E-state index in [9.17, 15) is 9.59 Å². The van der Waals surface area contributed by atoms with E-state index in [0.29, 0.717) is 24.3 Å². The molecule has 0 unspecified atom stereocenters. The van der Waals surface area contributed by atoms with E-state index in [-0.39, 0.29) is 12.1 Å². The first-order valence-corrected chi connectivity index (χ1v) is 8.59. The molecule has 2 N–H and O–H groups in total. The lowest BCUT2D eigenvalue weighted by Crippen LogP contribution is -2.40. The van der Waals surface area contributed by atoms with Crippen molar-refractivity contribution in [2.45, 2.75) is 25.4 Å². The molecule has 2 atom stereocenters. The van der Waals surface area contributed by atoms with Crippen molar-refractivity contribution in [3.8, 4) is 0 Å². The van der Waals surface area contributed by atoms with Gasteiger partial charge >= 0.3 is 12.1 Å². The van der Waals surface area contributed by atoms with Crippen LogP contribution in [0.3, 0.4) is 0 Å². The highest BCUT2D eigenvalue weighted by Crippen LogP contribution is 2.35. The number of hydrogen-bond acceptors (Lipinski definition) is 5. The molecule has 6 nitrogen and oxygen atoms in total. The van der Waals surface area contributed by atoms with Gasteiger partial charge in [0.1, 0.15) is 0 Å². The van der Waals surface area contributed by atoms with Gasteiger partial charge in [0.15, 0.2) is 0 Å². The molecular formula is C20H22N2O4. The van der Waals surface area contributed by atoms with Crippen LogP contribution < -0.4 is 10.6 Å². The molecule has 0 radical (unpaired) electrons. The van der Waals surface area contributed by atoms with Gasteiger partial charge in [-0.05, 0) is 36.6 Å². The largest absolute Gasteiger partial charge is 0.465 e. The van der Waals surface area contributed by atoms with Crippen molar-refractivity contribution in [2.24, 2.45) is 0 Å². The molecule has 1 aliphatic carbocycles. The summed E-state index contributed by atoms with van der Waals surface area (Å²) in [7, 11) is 1.36. The lowest BCUT2D eigenvalue weighted by Gasteiger charge is -2.24. The molecule has 0 saturated carbocycles. The van der Waals surface area contributed by atoms with Gasteiger partial charge in [-0.15, -0.1) is 0 Å². The summed E-state index contributed by atoms with van der Waals surface area (Å²) in [4.78, 5) is 24.0. The van der Waals surface area contributed by atoms with E-state index in [2.05, 4.69) is 10.6 Å². The number of alkyl carbamates (subject to hydrolysis) is 1. The van der Waals surface area contributed by atoms with Crippen molar-refractivity contribution < 1.29 is 19.1 Å². The van der Waals surface area contributed by atoms with Crippen LogP contribution in [0.15, 0.2) is 48.5 Å². The smallest absolute Gasteiger partial charge is 0.407 e. The fourth-order valence-electron chi connectivity index (χ4n) is 3.30. The molecular weight excluding hydrogens is 332 g/mol. The second-order valence-electron chi connectivity index (χ2n) is 6.03. The van der Waals surface area contributed by atoms with E-state index in [1.807, 2.05) is 36.4 Å². The summed E-state index contributed by atoms with van der Waals surface area (Å²) < 4.78 is 9.89. The Hall–Kier alpha value is -3.02. The topological polar surface area (TPSA) is 76.7 Å². The second-order valence-corrected chi connectivity index (χ2v) is 6.03. The number of amides is 1. The van der Waals surface area contributed by atoms with Gasteiger partial charge in [-0.2, -0.15) is 0 Å². The Labute approximate surface area is 152 Å². The maximum atomic E-state index is 12.0. The lowest BCUT2D eigenvalue weighted by atomic mass is 10.1. The zero-order valence-electron chi connectivity index (χ0n) is 14.8. The van der Waals surface area contributed by atoms with Crippen molar-refractivity contribution in [1.82, 2.24) is 5.32 Å². The monoisotopic (exact) mass is 354 g/mol. The molecule has 3 rings (SSSR count). The fourth-order valence-corrected chi connectivity index (χ4v) is 3.30. The first-order valence-electron chi connectivity index (χ1n) is 8.59. The van der Waals surface area contributed by atoms with E-state index < -0.39 is 12.1 Å². The van der Waals surface area contributed by atoms with Crippen LogP contribution in [0.1, 0.15) is 34.5 Å². The summed E-state index contributed by atoms with van der Waals surface area (Å²) >= 11 is 0. The van der Waals surface area contributed by atoms with Crippen molar-refractivity contribution >= 4 is 17.7 Å². The Morgan fingerprint density at radius 3 is 2.62 bits per heavy atom. The van der Waals surface area contributed by atoms with E-state index in [1.54, 1.807) is 19.1 Å². The molecule has 0 aromatic heterocycles. The first kappa shape index (κ1) is 17.8. The Morgan fingerprint density at radius 2 is 1.85 bits per heavy atom. The van der Waals surface area contributed by atoms with Crippen molar-refractivity contribution in [1.29, 1.82) is 0 Å². The Morgan fingerprint density at radius 1 is 1.12 bits per heavy atom. The number of methoxy groups -OCH3 is 1. The second kappa shape index (κ2) is 7.91. The lowest BCUT2D eigenvalue weighted by molar-refractivity contribution is 0.0601. The SMILES string of the molecule is CCOC(=O)N[C@@H]1Cc2ccccc2[C@H]1Nc1ccccc1C(=O)OC. The fraction of sp³-hybridized carbons (Fsp3) is 0.300. The number of carbonyl (C=O) groups excluding carboxylic acids is 2. The molecule has 0 spiro atoms. The maximum absolute atomic E-state index is 12.0. The third-order valence-electron chi connectivity index (χ3n) is 4.45. The number of rotatable bonds is 5. The molecule has 1 aliphatic rings. The van der Waals surface area contributed by atoms with Gasteiger partial charge in [0, 0.05) is 5.69 Å². The van der Waals surface area contributed by atoms with Crippen molar-refractivity contribution in [3.63, 3.8) is 0 Å². The minimum atomic E-state index is -0.446. The van der Waals surface area contributed by atoms with Crippen LogP contribution in [0.5, 0.6) is 0 Å². The number of fused-ring (bicyclic) bond motifs is 1. The van der Waals surface area contributed by atoms with Gasteiger partial charge in [0.05, 0.1) is 31.4 Å². The van der Waals surface area contributed by atoms with Crippen LogP contribution in [0.25, 0.3) is 0 Å². The molecule has 0 heterocycles. The van der Waals surface area contributed by atoms with Crippen molar-refractivity contribution in [3.05, 3.63) is 65.2 Å². The van der Waals surface area contributed by atoms with Gasteiger partial charge in [-0.3, -0.25) is 0 Å². The quantitative estimate of drug-likeness (QED) is 0.806. The molecule has 2 aromatic carbocycles. The van der Waals surface area contributed by atoms with Gasteiger partial charge in [-0.25, -0.2) is 9.59 Å². The van der Waals surface area contributed by atoms with E-state index in [4.69, 9.17) is 9.47 Å². The van der Waals surface area contributed by atoms with Crippen LogP contribution in [0.2, 0.25) is 0 Å². The molecule has 136 valence electrons. The molecule has 6 heteroatoms. The Balaban J connectivity index is 1.90. The number of para-hydroxylation sites is 1. The summed E-state index contributed by atoms with van der Waals surface area (Å²) in [6.07, 6.45) is 0.242. The number of esters is 1. The first-order chi connectivity index (χ1) is 12.6. The van der Waals surface area contributed by atoms with Gasteiger partial charge in [0.2, 0.25) is 0 Å². The molecule has 1 amide bonds. The predicted molar refractivity (Wildman–Crippen MR) is 98.2 cm³/mol. The zero-order chi connectivity index (χ0) is 18.5. The number of carbonyl (C=O) groups is 2. The third kappa shape index (κ3) is 3.64. The molecule has 0 saturated heterocycles. The summed E-state index contributed by atoms with van der Waals surface area (Å²) in [5.74, 6) is -0.408. The van der Waals surface area contributed by atoms with Crippen LogP contribution in [0, 0.1) is 0 Å². The van der Waals surface area contributed by atoms with Crippen LogP contribution >= 0.6 is 0 Å². The zero-order valence-corrected chi connectivity index (χ0v) is 14.8. The Kier molecular flexibility index (Phi) is 5.41. The van der Waals surface area contributed by atoms with Crippen LogP contribution in [0.4, 0.5) is 10.5 Å². The summed E-state index contributed by atoms with van der Waals surface area (Å²) in [6, 6.07) is 14.8. The predicted octanol–water partition coefficient (Wildman–Crippen LogP) is 3.30.